The van der Waals surface area contributed by atoms with Crippen LogP contribution >= 0.6 is 0 Å². The van der Waals surface area contributed by atoms with E-state index >= 15 is 0 Å². The monoisotopic (exact) mass is 311 g/mol. The van der Waals surface area contributed by atoms with Gasteiger partial charge in [-0.25, -0.2) is 0 Å². The summed E-state index contributed by atoms with van der Waals surface area (Å²) in [4.78, 5) is 11.9. The van der Waals surface area contributed by atoms with Gasteiger partial charge >= 0.3 is 6.18 Å². The Labute approximate surface area is 125 Å². The molecule has 0 aliphatic rings. The van der Waals surface area contributed by atoms with Gasteiger partial charge in [0.1, 0.15) is 0 Å². The number of nitrogens with zero attached hydrogens (tertiary/aromatic N) is 2. The topological polar surface area (TPSA) is 46.9 Å². The van der Waals surface area contributed by atoms with Crippen molar-refractivity contribution in [2.75, 3.05) is 6.54 Å². The molecule has 22 heavy (non-hydrogen) atoms. The third kappa shape index (κ3) is 3.66. The van der Waals surface area contributed by atoms with Crippen molar-refractivity contribution in [3.05, 3.63) is 52.8 Å². The number of aryl methyl sites for hydroxylation is 2. The third-order valence-corrected chi connectivity index (χ3v) is 3.31. The molecule has 0 unspecified atom stereocenters. The van der Waals surface area contributed by atoms with Crippen LogP contribution in [0.25, 0.3) is 0 Å². The number of hydrogen-bond donors (Lipinski definition) is 1. The molecule has 1 aromatic heterocycles. The minimum Gasteiger partial charge on any atom is -0.352 e. The summed E-state index contributed by atoms with van der Waals surface area (Å²) in [6.07, 6.45) is -4.09. The highest BCUT2D eigenvalue weighted by Crippen LogP contribution is 2.31. The lowest BCUT2D eigenvalue weighted by atomic mass is 10.1. The van der Waals surface area contributed by atoms with Gasteiger partial charge in [-0.2, -0.15) is 18.3 Å². The number of aromatic nitrogens is 2. The normalized spacial score (nSPS) is 11.5. The fourth-order valence-corrected chi connectivity index (χ4v) is 2.08. The lowest BCUT2D eigenvalue weighted by Gasteiger charge is -2.12. The SMILES string of the molecule is Cc1cc(CCNC(=O)c2ccccc2C(F)(F)F)nn1C. The van der Waals surface area contributed by atoms with Crippen LogP contribution in [0.1, 0.15) is 27.3 Å². The Morgan fingerprint density at radius 1 is 1.32 bits per heavy atom. The third-order valence-electron chi connectivity index (χ3n) is 3.31. The molecular formula is C15H16F3N3O. The zero-order valence-electron chi connectivity index (χ0n) is 12.2. The quantitative estimate of drug-likeness (QED) is 0.944. The molecule has 1 N–H and O–H groups in total. The summed E-state index contributed by atoms with van der Waals surface area (Å²) < 4.78 is 40.3. The first kappa shape index (κ1) is 16.1. The smallest absolute Gasteiger partial charge is 0.352 e. The zero-order valence-corrected chi connectivity index (χ0v) is 12.2. The van der Waals surface area contributed by atoms with E-state index in [1.54, 1.807) is 11.7 Å². The largest absolute Gasteiger partial charge is 0.417 e. The fourth-order valence-electron chi connectivity index (χ4n) is 2.08. The minimum absolute atomic E-state index is 0.224. The Bertz CT molecular complexity index is 657. The van der Waals surface area contributed by atoms with Crippen molar-refractivity contribution >= 4 is 5.91 Å². The minimum atomic E-state index is -4.55. The Morgan fingerprint density at radius 2 is 2.00 bits per heavy atom. The highest BCUT2D eigenvalue weighted by molar-refractivity contribution is 5.95. The maximum atomic E-state index is 12.9. The van der Waals surface area contributed by atoms with Crippen molar-refractivity contribution in [1.82, 2.24) is 15.1 Å². The molecule has 0 spiro atoms. The fraction of sp³-hybridized carbons (Fsp3) is 0.333. The van der Waals surface area contributed by atoms with Crippen LogP contribution in [0.4, 0.5) is 13.2 Å². The first-order valence-corrected chi connectivity index (χ1v) is 6.73. The summed E-state index contributed by atoms with van der Waals surface area (Å²) in [7, 11) is 1.80. The number of amides is 1. The van der Waals surface area contributed by atoms with Gasteiger partial charge in [-0.1, -0.05) is 12.1 Å². The van der Waals surface area contributed by atoms with E-state index in [9.17, 15) is 18.0 Å². The van der Waals surface area contributed by atoms with Crippen molar-refractivity contribution in [2.45, 2.75) is 19.5 Å². The van der Waals surface area contributed by atoms with Gasteiger partial charge in [0.25, 0.3) is 5.91 Å². The predicted molar refractivity (Wildman–Crippen MR) is 75.4 cm³/mol. The Morgan fingerprint density at radius 3 is 2.59 bits per heavy atom. The second-order valence-corrected chi connectivity index (χ2v) is 4.95. The van der Waals surface area contributed by atoms with Gasteiger partial charge in [-0.3, -0.25) is 9.48 Å². The number of alkyl halides is 3. The molecule has 0 atom stereocenters. The van der Waals surface area contributed by atoms with Crippen LogP contribution < -0.4 is 5.32 Å². The number of hydrogen-bond acceptors (Lipinski definition) is 2. The predicted octanol–water partition coefficient (Wildman–Crippen LogP) is 2.72. The molecule has 0 fully saturated rings. The van der Waals surface area contributed by atoms with Crippen LogP contribution in [-0.2, 0) is 19.6 Å². The van der Waals surface area contributed by atoms with Crippen molar-refractivity contribution in [3.8, 4) is 0 Å². The molecule has 1 heterocycles. The summed E-state index contributed by atoms with van der Waals surface area (Å²) in [5, 5.41) is 6.72. The number of rotatable bonds is 4. The van der Waals surface area contributed by atoms with Crippen LogP contribution in [0.3, 0.4) is 0 Å². The molecule has 7 heteroatoms. The molecule has 4 nitrogen and oxygen atoms in total. The highest BCUT2D eigenvalue weighted by atomic mass is 19.4. The van der Waals surface area contributed by atoms with E-state index in [0.717, 1.165) is 17.5 Å². The molecule has 0 aliphatic heterocycles. The van der Waals surface area contributed by atoms with Crippen LogP contribution in [0, 0.1) is 6.92 Å². The highest BCUT2D eigenvalue weighted by Gasteiger charge is 2.34. The lowest BCUT2D eigenvalue weighted by Crippen LogP contribution is -2.28. The Hall–Kier alpha value is -2.31. The number of carbonyl (C=O) groups excluding carboxylic acids is 1. The number of halogens is 3. The number of carbonyl (C=O) groups is 1. The summed E-state index contributed by atoms with van der Waals surface area (Å²) in [6, 6.07) is 6.61. The van der Waals surface area contributed by atoms with Gasteiger partial charge in [0, 0.05) is 25.7 Å². The zero-order chi connectivity index (χ0) is 16.3. The van der Waals surface area contributed by atoms with Gasteiger partial charge < -0.3 is 5.32 Å². The van der Waals surface area contributed by atoms with Gasteiger partial charge in [0.2, 0.25) is 0 Å². The molecule has 0 aliphatic carbocycles. The van der Waals surface area contributed by atoms with Crippen molar-refractivity contribution < 1.29 is 18.0 Å². The first-order chi connectivity index (χ1) is 10.3. The Kier molecular flexibility index (Phi) is 4.54. The first-order valence-electron chi connectivity index (χ1n) is 6.73. The van der Waals surface area contributed by atoms with Crippen molar-refractivity contribution in [3.63, 3.8) is 0 Å². The standard InChI is InChI=1S/C15H16F3N3O/c1-10-9-11(20-21(10)2)7-8-19-14(22)12-5-3-4-6-13(12)15(16,17)18/h3-6,9H,7-8H2,1-2H3,(H,19,22). The molecule has 0 bridgehead atoms. The molecule has 1 aromatic carbocycles. The number of benzene rings is 1. The second kappa shape index (κ2) is 6.21. The van der Waals surface area contributed by atoms with Gasteiger partial charge in [0.15, 0.2) is 0 Å². The van der Waals surface area contributed by atoms with E-state index in [1.165, 1.54) is 18.2 Å². The molecule has 1 amide bonds. The summed E-state index contributed by atoms with van der Waals surface area (Å²) in [5.41, 5.74) is 0.460. The molecule has 2 rings (SSSR count). The van der Waals surface area contributed by atoms with Gasteiger partial charge in [-0.15, -0.1) is 0 Å². The molecule has 0 saturated heterocycles. The molecule has 2 aromatic rings. The molecule has 0 saturated carbocycles. The lowest BCUT2D eigenvalue weighted by molar-refractivity contribution is -0.137. The maximum Gasteiger partial charge on any atom is 0.417 e. The molecular weight excluding hydrogens is 295 g/mol. The van der Waals surface area contributed by atoms with E-state index in [-0.39, 0.29) is 12.1 Å². The maximum absolute atomic E-state index is 12.9. The van der Waals surface area contributed by atoms with E-state index in [2.05, 4.69) is 10.4 Å². The Balaban J connectivity index is 2.01. The molecule has 118 valence electrons. The van der Waals surface area contributed by atoms with E-state index < -0.39 is 17.6 Å². The van der Waals surface area contributed by atoms with E-state index in [1.807, 2.05) is 13.0 Å². The average molecular weight is 311 g/mol. The van der Waals surface area contributed by atoms with Crippen LogP contribution in [0.2, 0.25) is 0 Å². The summed E-state index contributed by atoms with van der Waals surface area (Å²) in [6.45, 7) is 2.12. The summed E-state index contributed by atoms with van der Waals surface area (Å²) >= 11 is 0. The number of nitrogens with one attached hydrogen (secondary N) is 1. The van der Waals surface area contributed by atoms with Crippen molar-refractivity contribution in [1.29, 1.82) is 0 Å². The van der Waals surface area contributed by atoms with Crippen molar-refractivity contribution in [2.24, 2.45) is 7.05 Å². The van der Waals surface area contributed by atoms with Crippen LogP contribution in [0.5, 0.6) is 0 Å². The average Bonchev–Trinajstić information content (AvgIpc) is 2.76. The van der Waals surface area contributed by atoms with E-state index in [0.29, 0.717) is 6.42 Å². The molecule has 0 radical (unpaired) electrons. The van der Waals surface area contributed by atoms with Crippen LogP contribution in [0.15, 0.2) is 30.3 Å². The van der Waals surface area contributed by atoms with Crippen LogP contribution in [-0.4, -0.2) is 22.2 Å². The summed E-state index contributed by atoms with van der Waals surface area (Å²) in [5.74, 6) is -0.736. The van der Waals surface area contributed by atoms with Gasteiger partial charge in [-0.05, 0) is 25.1 Å². The van der Waals surface area contributed by atoms with E-state index in [4.69, 9.17) is 0 Å². The second-order valence-electron chi connectivity index (χ2n) is 4.95. The van der Waals surface area contributed by atoms with Gasteiger partial charge in [0.05, 0.1) is 16.8 Å².